The summed E-state index contributed by atoms with van der Waals surface area (Å²) in [5.74, 6) is 0. The molecule has 0 radical (unpaired) electrons. The van der Waals surface area contributed by atoms with E-state index in [-0.39, 0.29) is 24.6 Å². The van der Waals surface area contributed by atoms with Gasteiger partial charge in [0.25, 0.3) is 0 Å². The molecule has 2 saturated heterocycles. The van der Waals surface area contributed by atoms with Crippen molar-refractivity contribution in [3.63, 3.8) is 0 Å². The normalized spacial score (nSPS) is 24.2. The zero-order valence-electron chi connectivity index (χ0n) is 25.5. The fourth-order valence-corrected chi connectivity index (χ4v) is 12.6. The van der Waals surface area contributed by atoms with Gasteiger partial charge in [-0.25, -0.2) is 0 Å². The molecule has 0 aliphatic carbocycles. The fraction of sp³-hybridized carbons (Fsp3) is 0.750. The Morgan fingerprint density at radius 2 is 1.70 bits per heavy atom. The quantitative estimate of drug-likeness (QED) is 0.0721. The molecule has 8 heteroatoms. The minimum atomic E-state index is -1.36. The minimum absolute atomic E-state index is 0.136. The van der Waals surface area contributed by atoms with Gasteiger partial charge >= 0.3 is 253 Å². The standard InChI is InChI=1S/C32H55BO4P2S/c1-5-8-18-39(19-9-6-2,20-10-7-3)25-27-12-11-13-28(23-27)32-34-16-14-30(37-32)24-31-22-26(4)21-29(36-31)15-17-35-33-38-40/h11-13,23,29-32,38-39H,4-10,14-22,24-25H2,1-3H3/t29-,30-,31+,32-/m0/s1. The number of ether oxygens (including phenoxy) is 3. The van der Waals surface area contributed by atoms with Crippen molar-refractivity contribution in [3.05, 3.63) is 47.5 Å². The molecule has 2 heterocycles. The van der Waals surface area contributed by atoms with Crippen LogP contribution >= 0.6 is 14.1 Å². The van der Waals surface area contributed by atoms with Gasteiger partial charge in [-0.1, -0.05) is 0 Å². The fourth-order valence-electron chi connectivity index (χ4n) is 6.51. The van der Waals surface area contributed by atoms with Crippen LogP contribution in [0.5, 0.6) is 0 Å². The van der Waals surface area contributed by atoms with E-state index >= 15 is 0 Å². The third-order valence-corrected chi connectivity index (χ3v) is 14.6. The number of rotatable bonds is 18. The van der Waals surface area contributed by atoms with E-state index in [0.717, 1.165) is 38.7 Å². The zero-order chi connectivity index (χ0) is 28.6. The van der Waals surface area contributed by atoms with Gasteiger partial charge in [0, 0.05) is 0 Å². The molecular weight excluding hydrogens is 553 g/mol. The molecule has 0 N–H and O–H groups in total. The van der Waals surface area contributed by atoms with Crippen LogP contribution in [0.3, 0.4) is 0 Å². The molecule has 2 aliphatic heterocycles. The van der Waals surface area contributed by atoms with Gasteiger partial charge in [0.15, 0.2) is 0 Å². The van der Waals surface area contributed by atoms with E-state index in [4.69, 9.17) is 30.7 Å². The Bertz CT molecular complexity index is 919. The molecular formula is C32H55BO4P2S. The van der Waals surface area contributed by atoms with Crippen LogP contribution in [0.25, 0.3) is 0 Å². The molecule has 0 bridgehead atoms. The van der Waals surface area contributed by atoms with Crippen LogP contribution in [0.1, 0.15) is 109 Å². The summed E-state index contributed by atoms with van der Waals surface area (Å²) in [6.07, 6.45) is 18.4. The van der Waals surface area contributed by atoms with Crippen LogP contribution in [0, 0.1) is 0 Å². The van der Waals surface area contributed by atoms with Gasteiger partial charge in [0.2, 0.25) is 0 Å². The van der Waals surface area contributed by atoms with Crippen LogP contribution < -0.4 is 0 Å². The van der Waals surface area contributed by atoms with E-state index in [1.165, 1.54) is 79.9 Å². The molecule has 1 aromatic rings. The van der Waals surface area contributed by atoms with Crippen molar-refractivity contribution in [2.24, 2.45) is 0 Å². The van der Waals surface area contributed by atoms with Gasteiger partial charge in [-0.3, -0.25) is 0 Å². The first-order valence-electron chi connectivity index (χ1n) is 16.0. The molecule has 4 nitrogen and oxygen atoms in total. The summed E-state index contributed by atoms with van der Waals surface area (Å²) >= 11 is 4.95. The monoisotopic (exact) mass is 608 g/mol. The molecule has 3 rings (SSSR count). The Balaban J connectivity index is 1.63. The summed E-state index contributed by atoms with van der Waals surface area (Å²) in [5, 5.41) is 0. The molecule has 1 unspecified atom stereocenters. The molecule has 226 valence electrons. The molecule has 40 heavy (non-hydrogen) atoms. The molecule has 2 aliphatic rings. The van der Waals surface area contributed by atoms with Crippen molar-refractivity contribution < 1.29 is 18.9 Å². The maximum atomic E-state index is 6.58. The third-order valence-electron chi connectivity index (χ3n) is 8.64. The number of hydrogen-bond donors (Lipinski definition) is 0. The second kappa shape index (κ2) is 19.2. The molecule has 0 saturated carbocycles. The second-order valence-corrected chi connectivity index (χ2v) is 18.2. The summed E-state index contributed by atoms with van der Waals surface area (Å²) in [5.41, 5.74) is 3.94. The SMILES string of the molecule is C=C1C[C@H](C[C@@H]2CCO[C@H](c3cccc(C[PH](CCCC)(CCCC)CCCC)c3)O2)O[C@@H](CCOB=[PH]=S)C1. The van der Waals surface area contributed by atoms with Crippen LogP contribution in [-0.4, -0.2) is 56.8 Å². The summed E-state index contributed by atoms with van der Waals surface area (Å²) in [6, 6.07) is 9.17. The van der Waals surface area contributed by atoms with E-state index in [9.17, 15) is 0 Å². The first-order valence-corrected chi connectivity index (χ1v) is 21.0. The van der Waals surface area contributed by atoms with Crippen molar-refractivity contribution in [2.45, 2.75) is 122 Å². The molecule has 5 atom stereocenters. The van der Waals surface area contributed by atoms with E-state index in [2.05, 4.69) is 51.6 Å². The maximum absolute atomic E-state index is 6.58. The number of hydrogen-bond acceptors (Lipinski definition) is 5. The number of unbranched alkanes of at least 4 members (excludes halogenated alkanes) is 3. The van der Waals surface area contributed by atoms with Gasteiger partial charge in [-0.05, 0) is 0 Å². The zero-order valence-corrected chi connectivity index (χ0v) is 28.3. The van der Waals surface area contributed by atoms with Crippen LogP contribution in [0.15, 0.2) is 36.4 Å². The Labute approximate surface area is 252 Å². The van der Waals surface area contributed by atoms with Gasteiger partial charge in [-0.15, -0.1) is 0 Å². The van der Waals surface area contributed by atoms with Crippen molar-refractivity contribution in [2.75, 3.05) is 31.7 Å². The van der Waals surface area contributed by atoms with Crippen LogP contribution in [-0.2, 0) is 36.8 Å². The van der Waals surface area contributed by atoms with Gasteiger partial charge in [0.1, 0.15) is 0 Å². The van der Waals surface area contributed by atoms with Crippen LogP contribution in [0.2, 0.25) is 0 Å². The molecule has 0 aromatic heterocycles. The van der Waals surface area contributed by atoms with E-state index in [1.54, 1.807) is 6.82 Å². The van der Waals surface area contributed by atoms with Crippen LogP contribution in [0.4, 0.5) is 0 Å². The van der Waals surface area contributed by atoms with Crippen molar-refractivity contribution in [1.82, 2.24) is 0 Å². The van der Waals surface area contributed by atoms with Crippen molar-refractivity contribution in [3.8, 4) is 0 Å². The second-order valence-electron chi connectivity index (χ2n) is 12.2. The van der Waals surface area contributed by atoms with E-state index in [0.29, 0.717) is 13.5 Å². The predicted octanol–water partition coefficient (Wildman–Crippen LogP) is 8.72. The average molecular weight is 609 g/mol. The third kappa shape index (κ3) is 11.8. The van der Waals surface area contributed by atoms with Crippen molar-refractivity contribution >= 4 is 32.7 Å². The first-order chi connectivity index (χ1) is 19.5. The molecule has 1 aromatic carbocycles. The average Bonchev–Trinajstić information content (AvgIpc) is 2.96. The van der Waals surface area contributed by atoms with Gasteiger partial charge < -0.3 is 0 Å². The number of benzene rings is 1. The Morgan fingerprint density at radius 1 is 1.00 bits per heavy atom. The van der Waals surface area contributed by atoms with Crippen molar-refractivity contribution in [1.29, 1.82) is 0 Å². The molecule has 2 fully saturated rings. The van der Waals surface area contributed by atoms with E-state index < -0.39 is 7.26 Å². The topological polar surface area (TPSA) is 36.9 Å². The Morgan fingerprint density at radius 3 is 2.38 bits per heavy atom. The van der Waals surface area contributed by atoms with Gasteiger partial charge in [-0.2, -0.15) is 0 Å². The predicted molar refractivity (Wildman–Crippen MR) is 180 cm³/mol. The first kappa shape index (κ1) is 34.3. The summed E-state index contributed by atoms with van der Waals surface area (Å²) < 4.78 is 24.7. The Kier molecular flexibility index (Phi) is 16.4. The van der Waals surface area contributed by atoms with E-state index in [1.807, 2.05) is 0 Å². The summed E-state index contributed by atoms with van der Waals surface area (Å²) in [6.45, 7) is 14.7. The molecule has 0 amide bonds. The Hall–Kier alpha value is -0.185. The summed E-state index contributed by atoms with van der Waals surface area (Å²) in [4.78, 5) is 0. The molecule has 0 spiro atoms. The summed E-state index contributed by atoms with van der Waals surface area (Å²) in [7, 11) is -1.36. The van der Waals surface area contributed by atoms with Gasteiger partial charge in [0.05, 0.1) is 0 Å².